The molecule has 2 aromatic rings. The van der Waals surface area contributed by atoms with Gasteiger partial charge in [-0.2, -0.15) is 0 Å². The maximum atomic E-state index is 12.7. The summed E-state index contributed by atoms with van der Waals surface area (Å²) in [4.78, 5) is 18.8. The zero-order chi connectivity index (χ0) is 16.7. The number of ether oxygens (including phenoxy) is 1. The number of rotatable bonds is 7. The second-order valence-electron chi connectivity index (χ2n) is 5.49. The van der Waals surface area contributed by atoms with Crippen molar-refractivity contribution in [1.82, 2.24) is 15.2 Å². The lowest BCUT2D eigenvalue weighted by molar-refractivity contribution is 0.0925. The molecule has 5 nitrogen and oxygen atoms in total. The SMILES string of the molecule is CCOc1ncccc1C(=O)N[C@@H](CN(C)C)c1ccccc1. The first-order valence-corrected chi connectivity index (χ1v) is 7.70. The molecule has 0 aliphatic rings. The summed E-state index contributed by atoms with van der Waals surface area (Å²) >= 11 is 0. The Morgan fingerprint density at radius 1 is 1.22 bits per heavy atom. The monoisotopic (exact) mass is 313 g/mol. The molecule has 0 saturated heterocycles. The number of nitrogens with one attached hydrogen (secondary N) is 1. The molecular formula is C18H23N3O2. The number of hydrogen-bond donors (Lipinski definition) is 1. The fourth-order valence-electron chi connectivity index (χ4n) is 2.34. The summed E-state index contributed by atoms with van der Waals surface area (Å²) < 4.78 is 5.44. The maximum Gasteiger partial charge on any atom is 0.257 e. The fraction of sp³-hybridized carbons (Fsp3) is 0.333. The highest BCUT2D eigenvalue weighted by Crippen LogP contribution is 2.18. The van der Waals surface area contributed by atoms with Crippen molar-refractivity contribution in [2.75, 3.05) is 27.2 Å². The molecule has 0 aliphatic carbocycles. The number of aromatic nitrogens is 1. The van der Waals surface area contributed by atoms with Gasteiger partial charge in [0.15, 0.2) is 0 Å². The molecule has 1 heterocycles. The Balaban J connectivity index is 2.21. The van der Waals surface area contributed by atoms with Crippen molar-refractivity contribution in [3.8, 4) is 5.88 Å². The molecule has 1 aromatic heterocycles. The van der Waals surface area contributed by atoms with Gasteiger partial charge in [-0.05, 0) is 38.7 Å². The third-order valence-electron chi connectivity index (χ3n) is 3.35. The van der Waals surface area contributed by atoms with Gasteiger partial charge in [0.25, 0.3) is 5.91 Å². The van der Waals surface area contributed by atoms with Gasteiger partial charge in [0.05, 0.1) is 12.6 Å². The van der Waals surface area contributed by atoms with E-state index in [1.807, 2.05) is 56.3 Å². The molecule has 1 amide bonds. The number of hydrogen-bond acceptors (Lipinski definition) is 4. The molecule has 1 atom stereocenters. The van der Waals surface area contributed by atoms with E-state index in [-0.39, 0.29) is 11.9 Å². The quantitative estimate of drug-likeness (QED) is 0.853. The van der Waals surface area contributed by atoms with E-state index < -0.39 is 0 Å². The average Bonchev–Trinajstić information content (AvgIpc) is 2.55. The fourth-order valence-corrected chi connectivity index (χ4v) is 2.34. The van der Waals surface area contributed by atoms with E-state index in [0.717, 1.165) is 5.56 Å². The summed E-state index contributed by atoms with van der Waals surface area (Å²) in [7, 11) is 3.97. The molecule has 0 aliphatic heterocycles. The molecule has 1 aromatic carbocycles. The Morgan fingerprint density at radius 2 is 1.96 bits per heavy atom. The lowest BCUT2D eigenvalue weighted by atomic mass is 10.1. The van der Waals surface area contributed by atoms with Crippen molar-refractivity contribution in [3.05, 3.63) is 59.8 Å². The number of carbonyl (C=O) groups excluding carboxylic acids is 1. The Labute approximate surface area is 137 Å². The predicted molar refractivity (Wildman–Crippen MR) is 90.6 cm³/mol. The average molecular weight is 313 g/mol. The predicted octanol–water partition coefficient (Wildman–Crippen LogP) is 2.51. The molecular weight excluding hydrogens is 290 g/mol. The van der Waals surface area contributed by atoms with Gasteiger partial charge in [-0.3, -0.25) is 4.79 Å². The molecule has 0 saturated carbocycles. The highest BCUT2D eigenvalue weighted by Gasteiger charge is 2.19. The molecule has 0 bridgehead atoms. The highest BCUT2D eigenvalue weighted by molar-refractivity contribution is 5.96. The zero-order valence-corrected chi connectivity index (χ0v) is 13.8. The number of carbonyl (C=O) groups is 1. The largest absolute Gasteiger partial charge is 0.477 e. The lowest BCUT2D eigenvalue weighted by Crippen LogP contribution is -2.35. The molecule has 1 N–H and O–H groups in total. The second-order valence-corrected chi connectivity index (χ2v) is 5.49. The van der Waals surface area contributed by atoms with Gasteiger partial charge in [0.1, 0.15) is 5.56 Å². The Kier molecular flexibility index (Phi) is 6.11. The number of nitrogens with zero attached hydrogens (tertiary/aromatic N) is 2. The van der Waals surface area contributed by atoms with Crippen LogP contribution < -0.4 is 10.1 Å². The van der Waals surface area contributed by atoms with Gasteiger partial charge < -0.3 is 15.0 Å². The summed E-state index contributed by atoms with van der Waals surface area (Å²) in [5, 5.41) is 3.08. The third-order valence-corrected chi connectivity index (χ3v) is 3.35. The van der Waals surface area contributed by atoms with Gasteiger partial charge >= 0.3 is 0 Å². The Morgan fingerprint density at radius 3 is 2.61 bits per heavy atom. The smallest absolute Gasteiger partial charge is 0.257 e. The van der Waals surface area contributed by atoms with E-state index in [1.165, 1.54) is 0 Å². The van der Waals surface area contributed by atoms with Crippen LogP contribution in [-0.4, -0.2) is 43.0 Å². The van der Waals surface area contributed by atoms with Gasteiger partial charge in [0.2, 0.25) is 5.88 Å². The van der Waals surface area contributed by atoms with Crippen molar-refractivity contribution in [2.45, 2.75) is 13.0 Å². The summed E-state index contributed by atoms with van der Waals surface area (Å²) in [6.45, 7) is 3.05. The van der Waals surface area contributed by atoms with Crippen LogP contribution >= 0.6 is 0 Å². The summed E-state index contributed by atoms with van der Waals surface area (Å²) in [6, 6.07) is 13.3. The molecule has 0 unspecified atom stereocenters. The second kappa shape index (κ2) is 8.29. The first kappa shape index (κ1) is 17.0. The minimum atomic E-state index is -0.183. The zero-order valence-electron chi connectivity index (χ0n) is 13.8. The van der Waals surface area contributed by atoms with Crippen LogP contribution in [0.25, 0.3) is 0 Å². The minimum Gasteiger partial charge on any atom is -0.477 e. The van der Waals surface area contributed by atoms with E-state index in [9.17, 15) is 4.79 Å². The third kappa shape index (κ3) is 4.79. The molecule has 2 rings (SSSR count). The van der Waals surface area contributed by atoms with E-state index in [1.54, 1.807) is 18.3 Å². The van der Waals surface area contributed by atoms with Gasteiger partial charge in [-0.25, -0.2) is 4.98 Å². The topological polar surface area (TPSA) is 54.5 Å². The molecule has 0 spiro atoms. The molecule has 23 heavy (non-hydrogen) atoms. The van der Waals surface area contributed by atoms with Gasteiger partial charge in [-0.1, -0.05) is 30.3 Å². The van der Waals surface area contributed by atoms with Gasteiger partial charge in [-0.15, -0.1) is 0 Å². The minimum absolute atomic E-state index is 0.103. The summed E-state index contributed by atoms with van der Waals surface area (Å²) in [5.41, 5.74) is 1.52. The van der Waals surface area contributed by atoms with Crippen LogP contribution in [0.5, 0.6) is 5.88 Å². The van der Waals surface area contributed by atoms with Crippen molar-refractivity contribution in [1.29, 1.82) is 0 Å². The van der Waals surface area contributed by atoms with E-state index in [0.29, 0.717) is 24.6 Å². The highest BCUT2D eigenvalue weighted by atomic mass is 16.5. The number of likely N-dealkylation sites (N-methyl/N-ethyl adjacent to an activating group) is 1. The summed E-state index contributed by atoms with van der Waals surface area (Å²) in [5.74, 6) is 0.182. The van der Waals surface area contributed by atoms with Crippen molar-refractivity contribution < 1.29 is 9.53 Å². The molecule has 0 fully saturated rings. The number of amides is 1. The number of benzene rings is 1. The first-order chi connectivity index (χ1) is 11.1. The van der Waals surface area contributed by atoms with Crippen LogP contribution in [0.3, 0.4) is 0 Å². The van der Waals surface area contributed by atoms with Crippen LogP contribution in [0.2, 0.25) is 0 Å². The van der Waals surface area contributed by atoms with Crippen LogP contribution in [0, 0.1) is 0 Å². The van der Waals surface area contributed by atoms with Gasteiger partial charge in [0, 0.05) is 12.7 Å². The molecule has 5 heteroatoms. The molecule has 0 radical (unpaired) electrons. The lowest BCUT2D eigenvalue weighted by Gasteiger charge is -2.23. The van der Waals surface area contributed by atoms with Crippen LogP contribution in [0.15, 0.2) is 48.7 Å². The van der Waals surface area contributed by atoms with Crippen molar-refractivity contribution in [2.24, 2.45) is 0 Å². The Bertz CT molecular complexity index is 629. The van der Waals surface area contributed by atoms with Crippen LogP contribution in [0.1, 0.15) is 28.9 Å². The van der Waals surface area contributed by atoms with E-state index in [2.05, 4.69) is 10.3 Å². The number of pyridine rings is 1. The Hall–Kier alpha value is -2.40. The molecule has 122 valence electrons. The first-order valence-electron chi connectivity index (χ1n) is 7.70. The standard InChI is InChI=1S/C18H23N3O2/c1-4-23-18-15(11-8-12-19-18)17(22)20-16(13-21(2)3)14-9-6-5-7-10-14/h5-12,16H,4,13H2,1-3H3,(H,20,22)/t16-/m0/s1. The summed E-state index contributed by atoms with van der Waals surface area (Å²) in [6.07, 6.45) is 1.62. The van der Waals surface area contributed by atoms with Crippen LogP contribution in [0.4, 0.5) is 0 Å². The maximum absolute atomic E-state index is 12.7. The van der Waals surface area contributed by atoms with E-state index >= 15 is 0 Å². The normalized spacial score (nSPS) is 12.0. The van der Waals surface area contributed by atoms with E-state index in [4.69, 9.17) is 4.74 Å². The van der Waals surface area contributed by atoms with Crippen molar-refractivity contribution >= 4 is 5.91 Å². The van der Waals surface area contributed by atoms with Crippen molar-refractivity contribution in [3.63, 3.8) is 0 Å². The van der Waals surface area contributed by atoms with Crippen LogP contribution in [-0.2, 0) is 0 Å².